The number of para-hydroxylation sites is 1. The molecule has 0 fully saturated rings. The van der Waals surface area contributed by atoms with Gasteiger partial charge in [-0.05, 0) is 39.3 Å². The average molecular weight is 503 g/mol. The van der Waals surface area contributed by atoms with Gasteiger partial charge in [-0.1, -0.05) is 63.9 Å². The van der Waals surface area contributed by atoms with Crippen LogP contribution < -0.4 is 27.7 Å². The molecule has 1 heterocycles. The number of nitrogens with two attached hydrogens (primary N) is 3. The highest BCUT2D eigenvalue weighted by Gasteiger charge is 2.42. The summed E-state index contributed by atoms with van der Waals surface area (Å²) >= 11 is 6.44. The van der Waals surface area contributed by atoms with Crippen molar-refractivity contribution in [2.45, 2.75) is 53.1 Å². The Morgan fingerprint density at radius 3 is 2.18 bits per heavy atom. The molecule has 0 amide bonds. The quantitative estimate of drug-likeness (QED) is 0.131. The van der Waals surface area contributed by atoms with Crippen LogP contribution in [-0.2, 0) is 0 Å². The van der Waals surface area contributed by atoms with E-state index in [2.05, 4.69) is 87.1 Å². The van der Waals surface area contributed by atoms with E-state index in [4.69, 9.17) is 17.4 Å². The molecule has 0 atom stereocenters. The zero-order valence-corrected chi connectivity index (χ0v) is 23.2. The second-order valence-corrected chi connectivity index (χ2v) is 9.55. The van der Waals surface area contributed by atoms with Crippen molar-refractivity contribution >= 4 is 34.7 Å². The van der Waals surface area contributed by atoms with Gasteiger partial charge in [0.2, 0.25) is 0 Å². The first kappa shape index (κ1) is 29.9. The topological polar surface area (TPSA) is 96.6 Å². The van der Waals surface area contributed by atoms with Crippen molar-refractivity contribution in [3.63, 3.8) is 0 Å². The highest BCUT2D eigenvalue weighted by Crippen LogP contribution is 2.43. The summed E-state index contributed by atoms with van der Waals surface area (Å²) in [5.74, 6) is 12.4. The zero-order chi connectivity index (χ0) is 26.4. The molecular weight excluding hydrogens is 460 g/mol. The van der Waals surface area contributed by atoms with Crippen LogP contribution in [0.4, 0.5) is 5.69 Å². The summed E-state index contributed by atoms with van der Waals surface area (Å²) in [4.78, 5) is 2.19. The zero-order valence-electron chi connectivity index (χ0n) is 21.4. The van der Waals surface area contributed by atoms with E-state index < -0.39 is 11.0 Å². The Balaban J connectivity index is 0.00000281. The number of nitrogens with zero attached hydrogens (tertiary/aromatic N) is 2. The summed E-state index contributed by atoms with van der Waals surface area (Å²) in [7, 11) is 0. The van der Waals surface area contributed by atoms with Gasteiger partial charge in [-0.15, -0.1) is 23.3 Å². The van der Waals surface area contributed by atoms with Gasteiger partial charge >= 0.3 is 0 Å². The number of hydrazine groups is 2. The molecule has 0 bridgehead atoms. The van der Waals surface area contributed by atoms with Crippen LogP contribution in [0.1, 0.15) is 47.1 Å². The number of hydrogen-bond acceptors (Lipinski definition) is 8. The van der Waals surface area contributed by atoms with Gasteiger partial charge in [0.15, 0.2) is 0 Å². The van der Waals surface area contributed by atoms with Gasteiger partial charge in [-0.3, -0.25) is 11.3 Å². The normalized spacial score (nSPS) is 18.9. The number of nitrogens with one attached hydrogen (secondary N) is 1. The van der Waals surface area contributed by atoms with Gasteiger partial charge in [-0.25, -0.2) is 5.84 Å². The van der Waals surface area contributed by atoms with Crippen molar-refractivity contribution in [2.75, 3.05) is 11.4 Å². The first-order chi connectivity index (χ1) is 15.8. The minimum atomic E-state index is -0.418. The summed E-state index contributed by atoms with van der Waals surface area (Å²) in [6.07, 6.45) is 3.64. The Kier molecular flexibility index (Phi) is 10.6. The fraction of sp³-hybridized carbons (Fsp3) is 0.385. The summed E-state index contributed by atoms with van der Waals surface area (Å²) in [5.41, 5.74) is 14.8. The molecule has 1 aliphatic heterocycles. The maximum Gasteiger partial charge on any atom is 0.0832 e. The molecule has 8 heteroatoms. The second-order valence-electron chi connectivity index (χ2n) is 9.55. The standard InChI is InChI=1S/C26H40N6.H2S2/c1-10-19-16-31(18(5)25(6,7)26(8,9)30-28)22-15-13-12-14-21(22)23(27)24(20(19)11-2)32(29)17(3)4;1-2/h10-15,17,30H,1-2,5,16,27-29H2,3-4,6-9H3;1-2H/b20-19-,24-23-;. The molecule has 1 aliphatic rings. The molecule has 0 unspecified atom stereocenters. The predicted octanol–water partition coefficient (Wildman–Crippen LogP) is 4.93. The lowest BCUT2D eigenvalue weighted by molar-refractivity contribution is 0.194. The smallest absolute Gasteiger partial charge is 0.0832 e. The fourth-order valence-electron chi connectivity index (χ4n) is 3.76. The Bertz CT molecular complexity index is 975. The predicted molar refractivity (Wildman–Crippen MR) is 156 cm³/mol. The molecule has 0 radical (unpaired) electrons. The number of hydrogen-bond donors (Lipinski definition) is 6. The maximum atomic E-state index is 6.82. The summed E-state index contributed by atoms with van der Waals surface area (Å²) in [6, 6.07) is 8.08. The lowest BCUT2D eigenvalue weighted by atomic mass is 9.72. The van der Waals surface area contributed by atoms with Crippen LogP contribution in [0.15, 0.2) is 78.7 Å². The third-order valence-electron chi connectivity index (χ3n) is 6.91. The van der Waals surface area contributed by atoms with E-state index >= 15 is 0 Å². The van der Waals surface area contributed by atoms with Crippen LogP contribution in [0.2, 0.25) is 0 Å². The molecule has 0 aliphatic carbocycles. The summed E-state index contributed by atoms with van der Waals surface area (Å²) in [6.45, 7) is 25.6. The van der Waals surface area contributed by atoms with E-state index in [-0.39, 0.29) is 6.04 Å². The molecular formula is C26H42N6S2. The van der Waals surface area contributed by atoms with Gasteiger partial charge < -0.3 is 15.6 Å². The Hall–Kier alpha value is -2.10. The van der Waals surface area contributed by atoms with E-state index in [0.717, 1.165) is 33.8 Å². The minimum absolute atomic E-state index is 0.0394. The van der Waals surface area contributed by atoms with E-state index in [9.17, 15) is 0 Å². The molecule has 0 spiro atoms. The van der Waals surface area contributed by atoms with Crippen LogP contribution in [-0.4, -0.2) is 23.1 Å². The fourth-order valence-corrected chi connectivity index (χ4v) is 3.76. The first-order valence-corrected chi connectivity index (χ1v) is 12.7. The van der Waals surface area contributed by atoms with Crippen molar-refractivity contribution in [2.24, 2.45) is 22.8 Å². The van der Waals surface area contributed by atoms with Crippen molar-refractivity contribution < 1.29 is 0 Å². The number of thiol groups is 2. The third kappa shape index (κ3) is 5.58. The van der Waals surface area contributed by atoms with Crippen LogP contribution in [0.25, 0.3) is 5.70 Å². The van der Waals surface area contributed by atoms with Crippen molar-refractivity contribution in [1.82, 2.24) is 10.4 Å². The van der Waals surface area contributed by atoms with E-state index in [1.807, 2.05) is 38.1 Å². The highest BCUT2D eigenvalue weighted by atomic mass is 33.1. The first-order valence-electron chi connectivity index (χ1n) is 11.1. The van der Waals surface area contributed by atoms with Gasteiger partial charge in [0.25, 0.3) is 0 Å². The number of rotatable bonds is 8. The minimum Gasteiger partial charge on any atom is -0.396 e. The molecule has 2 rings (SSSR count). The lowest BCUT2D eigenvalue weighted by Gasteiger charge is -2.47. The number of benzene rings is 1. The third-order valence-corrected chi connectivity index (χ3v) is 6.91. The average Bonchev–Trinajstić information content (AvgIpc) is 2.82. The summed E-state index contributed by atoms with van der Waals surface area (Å²) < 4.78 is 0. The second kappa shape index (κ2) is 12.0. The van der Waals surface area contributed by atoms with E-state index in [0.29, 0.717) is 12.2 Å². The van der Waals surface area contributed by atoms with Gasteiger partial charge in [0.1, 0.15) is 0 Å². The van der Waals surface area contributed by atoms with Crippen LogP contribution in [0.5, 0.6) is 0 Å². The van der Waals surface area contributed by atoms with Crippen molar-refractivity contribution in [3.8, 4) is 0 Å². The molecule has 0 saturated carbocycles. The number of allylic oxidation sites excluding steroid dienone is 1. The molecule has 0 aromatic heterocycles. The SMILES string of the molecule is C=C/C1=C(C=C)/C(N(N)C(C)C)=C(/N)c2ccccc2N(C(=C)C(C)(C)C(C)(C)NN)C1.SS. The molecule has 6 nitrogen and oxygen atoms in total. The number of anilines is 1. The van der Waals surface area contributed by atoms with Crippen LogP contribution >= 0.6 is 23.3 Å². The van der Waals surface area contributed by atoms with Gasteiger partial charge in [0.05, 0.1) is 17.1 Å². The Morgan fingerprint density at radius 1 is 1.15 bits per heavy atom. The summed E-state index contributed by atoms with van der Waals surface area (Å²) in [5, 5.41) is 1.70. The van der Waals surface area contributed by atoms with Gasteiger partial charge in [0, 0.05) is 40.4 Å². The molecule has 7 N–H and O–H groups in total. The van der Waals surface area contributed by atoms with Crippen molar-refractivity contribution in [1.29, 1.82) is 0 Å². The Labute approximate surface area is 216 Å². The highest BCUT2D eigenvalue weighted by molar-refractivity contribution is 8.59. The van der Waals surface area contributed by atoms with Gasteiger partial charge in [-0.2, -0.15) is 0 Å². The largest absolute Gasteiger partial charge is 0.396 e. The molecule has 188 valence electrons. The Morgan fingerprint density at radius 2 is 1.71 bits per heavy atom. The van der Waals surface area contributed by atoms with Crippen LogP contribution in [0.3, 0.4) is 0 Å². The van der Waals surface area contributed by atoms with E-state index in [1.165, 1.54) is 0 Å². The van der Waals surface area contributed by atoms with Crippen LogP contribution in [0, 0.1) is 5.41 Å². The molecule has 1 aromatic carbocycles. The molecule has 34 heavy (non-hydrogen) atoms. The lowest BCUT2D eigenvalue weighted by Crippen LogP contribution is -2.57. The van der Waals surface area contributed by atoms with E-state index in [1.54, 1.807) is 11.1 Å². The molecule has 1 aromatic rings. The van der Waals surface area contributed by atoms with Crippen molar-refractivity contribution in [3.05, 3.63) is 84.3 Å². The monoisotopic (exact) mass is 502 g/mol. The molecule has 0 saturated heterocycles. The number of fused-ring (bicyclic) bond motifs is 1. The maximum absolute atomic E-state index is 6.82.